The summed E-state index contributed by atoms with van der Waals surface area (Å²) < 4.78 is 28.7. The Labute approximate surface area is 204 Å². The lowest BCUT2D eigenvalue weighted by Crippen LogP contribution is -2.28. The first-order valence-electron chi connectivity index (χ1n) is 11.3. The van der Waals surface area contributed by atoms with Crippen molar-refractivity contribution in [2.24, 2.45) is 0 Å². The van der Waals surface area contributed by atoms with Crippen molar-refractivity contribution in [1.29, 1.82) is 0 Å². The van der Waals surface area contributed by atoms with Gasteiger partial charge < -0.3 is 0 Å². The van der Waals surface area contributed by atoms with E-state index in [2.05, 4.69) is 37.6 Å². The monoisotopic (exact) mass is 504 g/mol. The number of H-pyrrole nitrogens is 1. The quantitative estimate of drug-likeness (QED) is 0.295. The summed E-state index contributed by atoms with van der Waals surface area (Å²) >= 11 is 5.90. The molecule has 2 aromatic carbocycles. The smallest absolute Gasteiger partial charge is 0.269 e. The van der Waals surface area contributed by atoms with Gasteiger partial charge in [0.05, 0.1) is 4.90 Å². The number of sulfonamides is 1. The number of amides is 1. The second kappa shape index (κ2) is 12.6. The number of aromatic nitrogens is 4. The van der Waals surface area contributed by atoms with Crippen LogP contribution < -0.4 is 10.0 Å². The number of aryl methyl sites for hydroxylation is 1. The van der Waals surface area contributed by atoms with E-state index in [1.165, 1.54) is 12.1 Å². The summed E-state index contributed by atoms with van der Waals surface area (Å²) in [7, 11) is -3.69. The molecule has 34 heavy (non-hydrogen) atoms. The average molecular weight is 505 g/mol. The highest BCUT2D eigenvalue weighted by molar-refractivity contribution is 7.89. The highest BCUT2D eigenvalue weighted by atomic mass is 35.5. The Morgan fingerprint density at radius 1 is 1.06 bits per heavy atom. The number of rotatable bonds is 13. The number of carbonyl (C=O) groups excluding carboxylic acids is 1. The number of nitrogens with one attached hydrogen (secondary N) is 3. The van der Waals surface area contributed by atoms with Crippen LogP contribution in [0.25, 0.3) is 0 Å². The van der Waals surface area contributed by atoms with Gasteiger partial charge >= 0.3 is 0 Å². The number of nitrogens with zero attached hydrogens (tertiary/aromatic N) is 3. The summed E-state index contributed by atoms with van der Waals surface area (Å²) in [6, 6.07) is 13.7. The minimum atomic E-state index is -3.69. The van der Waals surface area contributed by atoms with Crippen LogP contribution in [0, 0.1) is 0 Å². The topological polar surface area (TPSA) is 130 Å². The lowest BCUT2D eigenvalue weighted by molar-refractivity contribution is -0.116. The zero-order valence-corrected chi connectivity index (χ0v) is 20.6. The zero-order valence-electron chi connectivity index (χ0n) is 19.0. The fourth-order valence-corrected chi connectivity index (χ4v) is 4.92. The molecule has 9 nitrogen and oxygen atoms in total. The molecule has 0 radical (unpaired) electrons. The third kappa shape index (κ3) is 7.89. The Morgan fingerprint density at radius 2 is 1.79 bits per heavy atom. The van der Waals surface area contributed by atoms with E-state index in [9.17, 15) is 13.2 Å². The normalized spacial score (nSPS) is 12.4. The zero-order chi connectivity index (χ0) is 24.4. The molecule has 0 bridgehead atoms. The van der Waals surface area contributed by atoms with Crippen LogP contribution in [0.15, 0.2) is 53.4 Å². The van der Waals surface area contributed by atoms with Crippen LogP contribution >= 0.6 is 11.6 Å². The van der Waals surface area contributed by atoms with Gasteiger partial charge in [0, 0.05) is 17.5 Å². The summed E-state index contributed by atoms with van der Waals surface area (Å²) in [6.45, 7) is 2.12. The molecular weight excluding hydrogens is 476 g/mol. The lowest BCUT2D eigenvalue weighted by Gasteiger charge is -2.20. The Balaban J connectivity index is 1.61. The molecule has 0 saturated heterocycles. The van der Waals surface area contributed by atoms with Crippen LogP contribution in [0.3, 0.4) is 0 Å². The maximum absolute atomic E-state index is 12.9. The summed E-state index contributed by atoms with van der Waals surface area (Å²) in [5, 5.41) is 16.1. The van der Waals surface area contributed by atoms with Crippen molar-refractivity contribution >= 4 is 33.5 Å². The molecule has 3 N–H and O–H groups in total. The van der Waals surface area contributed by atoms with Crippen molar-refractivity contribution in [2.75, 3.05) is 5.32 Å². The molecule has 1 aromatic heterocycles. The molecule has 3 aromatic rings. The predicted octanol–water partition coefficient (Wildman–Crippen LogP) is 4.41. The number of unbranched alkanes of at least 4 members (excludes halogenated alkanes) is 2. The van der Waals surface area contributed by atoms with E-state index in [4.69, 9.17) is 11.6 Å². The third-order valence-electron chi connectivity index (χ3n) is 5.37. The van der Waals surface area contributed by atoms with Gasteiger partial charge in [0.1, 0.15) is 0 Å². The van der Waals surface area contributed by atoms with E-state index in [0.717, 1.165) is 36.8 Å². The number of anilines is 1. The van der Waals surface area contributed by atoms with Gasteiger partial charge in [-0.3, -0.25) is 10.1 Å². The number of hydrogen-bond donors (Lipinski definition) is 3. The van der Waals surface area contributed by atoms with Gasteiger partial charge in [-0.25, -0.2) is 13.1 Å². The largest absolute Gasteiger partial charge is 0.292 e. The van der Waals surface area contributed by atoms with Gasteiger partial charge in [-0.1, -0.05) is 67.2 Å². The van der Waals surface area contributed by atoms with Crippen LogP contribution in [0.2, 0.25) is 5.02 Å². The van der Waals surface area contributed by atoms with Crippen molar-refractivity contribution in [3.05, 3.63) is 64.7 Å². The van der Waals surface area contributed by atoms with Crippen LogP contribution in [-0.2, 0) is 21.2 Å². The molecule has 0 aliphatic rings. The van der Waals surface area contributed by atoms with E-state index >= 15 is 0 Å². The maximum atomic E-state index is 12.9. The SMILES string of the molecule is CCCCCC(NS(=O)(=O)c1ccc(Cl)cc1)c1ccc(CCCC(=O)Nc2nn[nH]n2)cc1. The van der Waals surface area contributed by atoms with Crippen LogP contribution in [-0.4, -0.2) is 34.9 Å². The minimum Gasteiger partial charge on any atom is -0.292 e. The third-order valence-corrected chi connectivity index (χ3v) is 7.11. The Hall–Kier alpha value is -2.82. The van der Waals surface area contributed by atoms with Crippen LogP contribution in [0.4, 0.5) is 5.95 Å². The fraction of sp³-hybridized carbons (Fsp3) is 0.391. The Morgan fingerprint density at radius 3 is 2.44 bits per heavy atom. The standard InChI is InChI=1S/C23H29ClN6O3S/c1-2-3-4-7-21(28-34(32,33)20-15-13-19(24)14-16-20)18-11-9-17(10-12-18)6-5-8-22(31)25-23-26-29-30-27-23/h9-16,21,28H,2-8H2,1H3,(H2,25,26,27,29,30,31). The molecule has 0 saturated carbocycles. The molecular formula is C23H29ClN6O3S. The molecule has 0 spiro atoms. The fourth-order valence-electron chi connectivity index (χ4n) is 3.53. The number of tetrazole rings is 1. The van der Waals surface area contributed by atoms with Gasteiger partial charge in [0.25, 0.3) is 5.95 Å². The van der Waals surface area contributed by atoms with Gasteiger partial charge in [0.15, 0.2) is 0 Å². The number of carbonyl (C=O) groups is 1. The average Bonchev–Trinajstić information content (AvgIpc) is 3.32. The van der Waals surface area contributed by atoms with Crippen molar-refractivity contribution in [2.45, 2.75) is 62.8 Å². The summed E-state index contributed by atoms with van der Waals surface area (Å²) in [5.74, 6) is -0.0184. The first kappa shape index (κ1) is 25.8. The van der Waals surface area contributed by atoms with E-state index in [1.54, 1.807) is 12.1 Å². The Kier molecular flexibility index (Phi) is 9.55. The van der Waals surface area contributed by atoms with Gasteiger partial charge in [-0.2, -0.15) is 5.21 Å². The predicted molar refractivity (Wildman–Crippen MR) is 131 cm³/mol. The van der Waals surface area contributed by atoms with E-state index in [-0.39, 0.29) is 22.8 Å². The molecule has 1 unspecified atom stereocenters. The summed E-state index contributed by atoms with van der Waals surface area (Å²) in [4.78, 5) is 12.1. The number of hydrogen-bond acceptors (Lipinski definition) is 6. The second-order valence-electron chi connectivity index (χ2n) is 8.00. The molecule has 0 aliphatic heterocycles. The highest BCUT2D eigenvalue weighted by Gasteiger charge is 2.21. The van der Waals surface area contributed by atoms with Crippen LogP contribution in [0.1, 0.15) is 62.6 Å². The van der Waals surface area contributed by atoms with E-state index in [1.807, 2.05) is 24.3 Å². The molecule has 3 rings (SSSR count). The molecule has 182 valence electrons. The number of benzene rings is 2. The molecule has 0 aliphatic carbocycles. The Bertz CT molecular complexity index is 1140. The lowest BCUT2D eigenvalue weighted by atomic mass is 9.99. The molecule has 11 heteroatoms. The van der Waals surface area contributed by atoms with E-state index in [0.29, 0.717) is 24.3 Å². The van der Waals surface area contributed by atoms with Crippen LogP contribution in [0.5, 0.6) is 0 Å². The number of aromatic amines is 1. The van der Waals surface area contributed by atoms with Crippen molar-refractivity contribution in [1.82, 2.24) is 25.3 Å². The number of halogens is 1. The molecule has 1 amide bonds. The first-order chi connectivity index (χ1) is 16.4. The molecule has 1 heterocycles. The van der Waals surface area contributed by atoms with Crippen molar-refractivity contribution in [3.63, 3.8) is 0 Å². The minimum absolute atomic E-state index is 0.157. The van der Waals surface area contributed by atoms with Gasteiger partial charge in [0.2, 0.25) is 15.9 Å². The van der Waals surface area contributed by atoms with Gasteiger partial charge in [-0.05, 0) is 59.9 Å². The summed E-state index contributed by atoms with van der Waals surface area (Å²) in [5.41, 5.74) is 1.98. The first-order valence-corrected chi connectivity index (χ1v) is 13.1. The van der Waals surface area contributed by atoms with Crippen molar-refractivity contribution in [3.8, 4) is 0 Å². The summed E-state index contributed by atoms with van der Waals surface area (Å²) in [6.07, 6.45) is 5.41. The second-order valence-corrected chi connectivity index (χ2v) is 10.2. The maximum Gasteiger partial charge on any atom is 0.269 e. The molecule has 1 atom stereocenters. The van der Waals surface area contributed by atoms with Crippen molar-refractivity contribution < 1.29 is 13.2 Å². The highest BCUT2D eigenvalue weighted by Crippen LogP contribution is 2.24. The van der Waals surface area contributed by atoms with Gasteiger partial charge in [-0.15, -0.1) is 5.10 Å². The molecule has 0 fully saturated rings. The van der Waals surface area contributed by atoms with E-state index < -0.39 is 10.0 Å².